The van der Waals surface area contributed by atoms with Gasteiger partial charge in [0.25, 0.3) is 11.5 Å². The van der Waals surface area contributed by atoms with Crippen molar-refractivity contribution in [2.75, 3.05) is 0 Å². The van der Waals surface area contributed by atoms with Gasteiger partial charge in [-0.3, -0.25) is 9.59 Å². The van der Waals surface area contributed by atoms with Crippen molar-refractivity contribution in [3.63, 3.8) is 0 Å². The molecule has 1 aromatic carbocycles. The van der Waals surface area contributed by atoms with Crippen LogP contribution in [0.1, 0.15) is 22.8 Å². The maximum atomic E-state index is 12.5. The van der Waals surface area contributed by atoms with E-state index in [-0.39, 0.29) is 23.1 Å². The van der Waals surface area contributed by atoms with Gasteiger partial charge >= 0.3 is 0 Å². The Hall–Kier alpha value is -2.40. The number of para-hydroxylation sites is 1. The van der Waals surface area contributed by atoms with Crippen LogP contribution in [0, 0.1) is 0 Å². The minimum atomic E-state index is -0.320. The van der Waals surface area contributed by atoms with E-state index in [1.165, 1.54) is 10.1 Å². The Morgan fingerprint density at radius 1 is 1.30 bits per heavy atom. The molecule has 0 radical (unpaired) electrons. The minimum absolute atomic E-state index is 0.0340. The average molecular weight is 326 g/mol. The summed E-state index contributed by atoms with van der Waals surface area (Å²) < 4.78 is 1.52. The molecule has 3 rings (SSSR count). The maximum absolute atomic E-state index is 12.5. The highest BCUT2D eigenvalue weighted by Gasteiger charge is 2.16. The highest BCUT2D eigenvalue weighted by Crippen LogP contribution is 2.13. The molecule has 3 aromatic rings. The molecule has 0 saturated heterocycles. The van der Waals surface area contributed by atoms with Gasteiger partial charge in [-0.05, 0) is 53.3 Å². The van der Waals surface area contributed by atoms with E-state index in [2.05, 4.69) is 10.7 Å². The fourth-order valence-electron chi connectivity index (χ4n) is 2.70. The number of nitrogens with zero attached hydrogens (tertiary/aromatic N) is 1. The van der Waals surface area contributed by atoms with E-state index in [4.69, 9.17) is 0 Å². The summed E-state index contributed by atoms with van der Waals surface area (Å²) in [4.78, 5) is 24.9. The summed E-state index contributed by atoms with van der Waals surface area (Å²) in [6, 6.07) is 11.2. The van der Waals surface area contributed by atoms with Crippen molar-refractivity contribution in [3.8, 4) is 0 Å². The van der Waals surface area contributed by atoms with E-state index in [1.807, 2.05) is 42.6 Å². The van der Waals surface area contributed by atoms with Gasteiger partial charge in [0.05, 0.1) is 5.52 Å². The molecule has 2 aromatic heterocycles. The smallest absolute Gasteiger partial charge is 0.263 e. The zero-order valence-electron chi connectivity index (χ0n) is 13.1. The number of hydrogen-bond acceptors (Lipinski definition) is 3. The number of carbonyl (C=O) groups is 1. The summed E-state index contributed by atoms with van der Waals surface area (Å²) in [7, 11) is 1.69. The van der Waals surface area contributed by atoms with E-state index in [0.29, 0.717) is 0 Å². The molecule has 0 bridgehead atoms. The Kier molecular flexibility index (Phi) is 4.30. The molecular formula is C18H18N2O2S. The maximum Gasteiger partial charge on any atom is 0.263 e. The molecule has 0 aliphatic heterocycles. The zero-order chi connectivity index (χ0) is 16.4. The Labute approximate surface area is 138 Å². The Morgan fingerprint density at radius 2 is 2.09 bits per heavy atom. The third-order valence-electron chi connectivity index (χ3n) is 3.88. The molecular weight excluding hydrogens is 308 g/mol. The molecule has 0 fully saturated rings. The van der Waals surface area contributed by atoms with Crippen LogP contribution in [0.3, 0.4) is 0 Å². The van der Waals surface area contributed by atoms with Crippen molar-refractivity contribution in [1.29, 1.82) is 0 Å². The predicted molar refractivity (Wildman–Crippen MR) is 94.1 cm³/mol. The number of amides is 1. The number of pyridine rings is 1. The quantitative estimate of drug-likeness (QED) is 0.801. The van der Waals surface area contributed by atoms with E-state index < -0.39 is 0 Å². The van der Waals surface area contributed by atoms with Gasteiger partial charge in [0, 0.05) is 13.1 Å². The van der Waals surface area contributed by atoms with Gasteiger partial charge in [-0.15, -0.1) is 0 Å². The fourth-order valence-corrected chi connectivity index (χ4v) is 3.38. The monoisotopic (exact) mass is 326 g/mol. The third kappa shape index (κ3) is 3.19. The third-order valence-corrected chi connectivity index (χ3v) is 4.61. The van der Waals surface area contributed by atoms with Gasteiger partial charge in [-0.2, -0.15) is 11.3 Å². The summed E-state index contributed by atoms with van der Waals surface area (Å²) in [6.45, 7) is 1.95. The fraction of sp³-hybridized carbons (Fsp3) is 0.222. The van der Waals surface area contributed by atoms with Gasteiger partial charge in [0.2, 0.25) is 0 Å². The molecule has 118 valence electrons. The normalized spacial score (nSPS) is 12.3. The summed E-state index contributed by atoms with van der Waals surface area (Å²) in [5.41, 5.74) is 1.92. The lowest BCUT2D eigenvalue weighted by molar-refractivity contribution is 0.0938. The number of hydrogen-bond donors (Lipinski definition) is 1. The molecule has 0 aliphatic carbocycles. The molecule has 4 nitrogen and oxygen atoms in total. The number of carbonyl (C=O) groups excluding carboxylic acids is 1. The highest BCUT2D eigenvalue weighted by molar-refractivity contribution is 7.07. The first-order valence-electron chi connectivity index (χ1n) is 7.47. The van der Waals surface area contributed by atoms with Crippen LogP contribution in [0.15, 0.2) is 52.0 Å². The van der Waals surface area contributed by atoms with Gasteiger partial charge in [0.15, 0.2) is 0 Å². The molecule has 5 heteroatoms. The van der Waals surface area contributed by atoms with Crippen LogP contribution < -0.4 is 10.9 Å². The summed E-state index contributed by atoms with van der Waals surface area (Å²) in [6.07, 6.45) is 0.753. The van der Waals surface area contributed by atoms with Crippen molar-refractivity contribution < 1.29 is 4.79 Å². The lowest BCUT2D eigenvalue weighted by Crippen LogP contribution is -2.38. The minimum Gasteiger partial charge on any atom is -0.349 e. The number of benzene rings is 1. The van der Waals surface area contributed by atoms with Crippen LogP contribution >= 0.6 is 11.3 Å². The van der Waals surface area contributed by atoms with Crippen molar-refractivity contribution in [2.24, 2.45) is 7.05 Å². The van der Waals surface area contributed by atoms with Gasteiger partial charge in [-0.25, -0.2) is 0 Å². The van der Waals surface area contributed by atoms with Crippen LogP contribution in [0.4, 0.5) is 0 Å². The molecule has 23 heavy (non-hydrogen) atoms. The second-order valence-corrected chi connectivity index (χ2v) is 6.47. The molecule has 0 aliphatic rings. The molecule has 0 unspecified atom stereocenters. The number of rotatable bonds is 4. The van der Waals surface area contributed by atoms with E-state index in [9.17, 15) is 9.59 Å². The molecule has 1 atom stereocenters. The lowest BCUT2D eigenvalue weighted by atomic mass is 10.1. The van der Waals surface area contributed by atoms with E-state index in [0.717, 1.165) is 17.3 Å². The number of thiophene rings is 1. The summed E-state index contributed by atoms with van der Waals surface area (Å²) in [5.74, 6) is -0.320. The summed E-state index contributed by atoms with van der Waals surface area (Å²) >= 11 is 1.64. The first-order valence-corrected chi connectivity index (χ1v) is 8.41. The first-order chi connectivity index (χ1) is 11.1. The first kappa shape index (κ1) is 15.5. The van der Waals surface area contributed by atoms with Crippen molar-refractivity contribution >= 4 is 28.1 Å². The van der Waals surface area contributed by atoms with Gasteiger partial charge < -0.3 is 9.88 Å². The number of aryl methyl sites for hydroxylation is 1. The Bertz CT molecular complexity index is 897. The van der Waals surface area contributed by atoms with E-state index >= 15 is 0 Å². The SMILES string of the molecule is C[C@@H](Cc1ccsc1)NC(=O)c1cc2ccccc2n(C)c1=O. The van der Waals surface area contributed by atoms with Crippen molar-refractivity contribution in [2.45, 2.75) is 19.4 Å². The molecule has 1 amide bonds. The lowest BCUT2D eigenvalue weighted by Gasteiger charge is -2.14. The van der Waals surface area contributed by atoms with Crippen LogP contribution in [0.25, 0.3) is 10.9 Å². The van der Waals surface area contributed by atoms with Gasteiger partial charge in [-0.1, -0.05) is 18.2 Å². The molecule has 0 spiro atoms. The standard InChI is InChI=1S/C18H18N2O2S/c1-12(9-13-7-8-23-11-13)19-17(21)15-10-14-5-3-4-6-16(14)20(2)18(15)22/h3-8,10-12H,9H2,1-2H3,(H,19,21)/t12-/m0/s1. The summed E-state index contributed by atoms with van der Waals surface area (Å²) in [5, 5.41) is 7.88. The van der Waals surface area contributed by atoms with Gasteiger partial charge in [0.1, 0.15) is 5.56 Å². The molecule has 0 saturated carbocycles. The van der Waals surface area contributed by atoms with E-state index in [1.54, 1.807) is 24.5 Å². The second-order valence-electron chi connectivity index (χ2n) is 5.69. The van der Waals surface area contributed by atoms with Crippen molar-refractivity contribution in [1.82, 2.24) is 9.88 Å². The molecule has 1 N–H and O–H groups in total. The number of nitrogens with one attached hydrogen (secondary N) is 1. The zero-order valence-corrected chi connectivity index (χ0v) is 13.9. The topological polar surface area (TPSA) is 51.1 Å². The number of fused-ring (bicyclic) bond motifs is 1. The predicted octanol–water partition coefficient (Wildman–Crippen LogP) is 2.96. The van der Waals surface area contributed by atoms with Crippen LogP contribution in [-0.4, -0.2) is 16.5 Å². The molecule has 2 heterocycles. The van der Waals surface area contributed by atoms with Crippen molar-refractivity contribution in [3.05, 3.63) is 68.6 Å². The van der Waals surface area contributed by atoms with Crippen LogP contribution in [0.2, 0.25) is 0 Å². The largest absolute Gasteiger partial charge is 0.349 e. The second kappa shape index (κ2) is 6.38. The Balaban J connectivity index is 1.86. The average Bonchev–Trinajstić information content (AvgIpc) is 3.03. The van der Waals surface area contributed by atoms with Crippen LogP contribution in [0.5, 0.6) is 0 Å². The number of aromatic nitrogens is 1. The van der Waals surface area contributed by atoms with Crippen LogP contribution in [-0.2, 0) is 13.5 Å². The Morgan fingerprint density at radius 3 is 2.83 bits per heavy atom. The highest BCUT2D eigenvalue weighted by atomic mass is 32.1.